The van der Waals surface area contributed by atoms with Gasteiger partial charge in [-0.05, 0) is 31.1 Å². The van der Waals surface area contributed by atoms with E-state index in [-0.39, 0.29) is 11.9 Å². The van der Waals surface area contributed by atoms with E-state index in [1.807, 2.05) is 0 Å². The number of ether oxygens (including phenoxy) is 1. The molecule has 0 radical (unpaired) electrons. The van der Waals surface area contributed by atoms with Crippen LogP contribution in [0.5, 0.6) is 0 Å². The number of carbonyl (C=O) groups excluding carboxylic acids is 1. The number of esters is 1. The van der Waals surface area contributed by atoms with Crippen LogP contribution in [0.25, 0.3) is 0 Å². The SMILES string of the molecule is COC(=O)C1C(O)CCC2CCCCC21. The average Bonchev–Trinajstić information content (AvgIpc) is 2.28. The number of aliphatic hydroxyl groups is 1. The van der Waals surface area contributed by atoms with Crippen molar-refractivity contribution >= 4 is 5.97 Å². The Bertz CT molecular complexity index is 239. The third kappa shape index (κ3) is 2.03. The second-order valence-corrected chi connectivity index (χ2v) is 4.90. The van der Waals surface area contributed by atoms with Crippen LogP contribution in [0.3, 0.4) is 0 Å². The molecule has 0 bridgehead atoms. The van der Waals surface area contributed by atoms with Gasteiger partial charge in [0.15, 0.2) is 0 Å². The van der Waals surface area contributed by atoms with Gasteiger partial charge < -0.3 is 9.84 Å². The van der Waals surface area contributed by atoms with Crippen LogP contribution in [-0.2, 0) is 9.53 Å². The van der Waals surface area contributed by atoms with Crippen LogP contribution < -0.4 is 0 Å². The number of rotatable bonds is 1. The lowest BCUT2D eigenvalue weighted by Crippen LogP contribution is -2.44. The van der Waals surface area contributed by atoms with Gasteiger partial charge in [0, 0.05) is 0 Å². The standard InChI is InChI=1S/C12H20O3/c1-15-12(14)11-9-5-3-2-4-8(9)6-7-10(11)13/h8-11,13H,2-7H2,1H3. The Morgan fingerprint density at radius 1 is 1.20 bits per heavy atom. The molecule has 86 valence electrons. The summed E-state index contributed by atoms with van der Waals surface area (Å²) in [5, 5.41) is 9.91. The minimum absolute atomic E-state index is 0.209. The summed E-state index contributed by atoms with van der Waals surface area (Å²) in [6.07, 6.45) is 6.16. The largest absolute Gasteiger partial charge is 0.469 e. The van der Waals surface area contributed by atoms with Crippen LogP contribution in [0.15, 0.2) is 0 Å². The van der Waals surface area contributed by atoms with Crippen molar-refractivity contribution in [2.45, 2.75) is 44.6 Å². The summed E-state index contributed by atoms with van der Waals surface area (Å²) in [4.78, 5) is 11.6. The fourth-order valence-corrected chi connectivity index (χ4v) is 3.39. The summed E-state index contributed by atoms with van der Waals surface area (Å²) >= 11 is 0. The van der Waals surface area contributed by atoms with Gasteiger partial charge >= 0.3 is 5.97 Å². The van der Waals surface area contributed by atoms with Gasteiger partial charge in [0.25, 0.3) is 0 Å². The first-order valence-electron chi connectivity index (χ1n) is 6.00. The first kappa shape index (κ1) is 10.9. The summed E-state index contributed by atoms with van der Waals surface area (Å²) in [7, 11) is 1.42. The van der Waals surface area contributed by atoms with Crippen LogP contribution in [0.4, 0.5) is 0 Å². The van der Waals surface area contributed by atoms with Crippen LogP contribution in [0, 0.1) is 17.8 Å². The smallest absolute Gasteiger partial charge is 0.311 e. The Hall–Kier alpha value is -0.570. The molecule has 0 aromatic rings. The average molecular weight is 212 g/mol. The molecule has 2 saturated carbocycles. The molecule has 0 aliphatic heterocycles. The van der Waals surface area contributed by atoms with E-state index < -0.39 is 6.10 Å². The Morgan fingerprint density at radius 3 is 2.67 bits per heavy atom. The van der Waals surface area contributed by atoms with Crippen LogP contribution in [-0.4, -0.2) is 24.3 Å². The van der Waals surface area contributed by atoms with E-state index in [4.69, 9.17) is 4.74 Å². The van der Waals surface area contributed by atoms with E-state index in [2.05, 4.69) is 0 Å². The molecule has 0 saturated heterocycles. The van der Waals surface area contributed by atoms with Crippen molar-refractivity contribution in [1.82, 2.24) is 0 Å². The lowest BCUT2D eigenvalue weighted by molar-refractivity contribution is -0.157. The molecule has 15 heavy (non-hydrogen) atoms. The lowest BCUT2D eigenvalue weighted by atomic mass is 9.64. The highest BCUT2D eigenvalue weighted by atomic mass is 16.5. The molecule has 1 N–H and O–H groups in total. The summed E-state index contributed by atoms with van der Waals surface area (Å²) in [6, 6.07) is 0. The highest BCUT2D eigenvalue weighted by molar-refractivity contribution is 5.73. The van der Waals surface area contributed by atoms with E-state index in [0.717, 1.165) is 19.3 Å². The van der Waals surface area contributed by atoms with Crippen molar-refractivity contribution in [3.05, 3.63) is 0 Å². The van der Waals surface area contributed by atoms with Gasteiger partial charge in [-0.1, -0.05) is 19.3 Å². The molecule has 2 fully saturated rings. The molecule has 4 unspecified atom stereocenters. The molecule has 2 aliphatic carbocycles. The van der Waals surface area contributed by atoms with Gasteiger partial charge in [-0.25, -0.2) is 0 Å². The molecule has 2 rings (SSSR count). The Morgan fingerprint density at radius 2 is 1.93 bits per heavy atom. The Balaban J connectivity index is 2.12. The third-order valence-corrected chi connectivity index (χ3v) is 4.15. The quantitative estimate of drug-likeness (QED) is 0.673. The zero-order valence-electron chi connectivity index (χ0n) is 9.32. The zero-order valence-corrected chi connectivity index (χ0v) is 9.32. The van der Waals surface area contributed by atoms with Crippen molar-refractivity contribution in [2.24, 2.45) is 17.8 Å². The van der Waals surface area contributed by atoms with E-state index >= 15 is 0 Å². The molecule has 0 aromatic heterocycles. The van der Waals surface area contributed by atoms with Gasteiger partial charge in [-0.3, -0.25) is 4.79 Å². The number of carbonyl (C=O) groups is 1. The van der Waals surface area contributed by atoms with Crippen molar-refractivity contribution in [3.63, 3.8) is 0 Å². The van der Waals surface area contributed by atoms with Gasteiger partial charge in [0.1, 0.15) is 0 Å². The molecule has 3 nitrogen and oxygen atoms in total. The van der Waals surface area contributed by atoms with Crippen molar-refractivity contribution in [1.29, 1.82) is 0 Å². The highest BCUT2D eigenvalue weighted by Gasteiger charge is 2.43. The minimum atomic E-state index is -0.475. The summed E-state index contributed by atoms with van der Waals surface area (Å²) in [5.41, 5.74) is 0. The second-order valence-electron chi connectivity index (χ2n) is 4.90. The van der Waals surface area contributed by atoms with Gasteiger partial charge in [-0.15, -0.1) is 0 Å². The van der Waals surface area contributed by atoms with Gasteiger partial charge in [-0.2, -0.15) is 0 Å². The second kappa shape index (κ2) is 4.52. The third-order valence-electron chi connectivity index (χ3n) is 4.15. The molecule has 0 amide bonds. The van der Waals surface area contributed by atoms with Gasteiger partial charge in [0.2, 0.25) is 0 Å². The number of hydrogen-bond acceptors (Lipinski definition) is 3. The normalized spacial score (nSPS) is 40.7. The topological polar surface area (TPSA) is 46.5 Å². The predicted molar refractivity (Wildman–Crippen MR) is 56.2 cm³/mol. The molecule has 0 heterocycles. The summed E-state index contributed by atoms with van der Waals surface area (Å²) in [6.45, 7) is 0. The lowest BCUT2D eigenvalue weighted by Gasteiger charge is -2.42. The molecule has 0 spiro atoms. The maximum absolute atomic E-state index is 11.6. The van der Waals surface area contributed by atoms with Crippen molar-refractivity contribution in [2.75, 3.05) is 7.11 Å². The molecule has 3 heteroatoms. The molecule has 0 aromatic carbocycles. The Kier molecular flexibility index (Phi) is 3.29. The van der Waals surface area contributed by atoms with Crippen molar-refractivity contribution in [3.8, 4) is 0 Å². The number of fused-ring (bicyclic) bond motifs is 1. The van der Waals surface area contributed by atoms with E-state index in [0.29, 0.717) is 11.8 Å². The highest BCUT2D eigenvalue weighted by Crippen LogP contribution is 2.44. The maximum atomic E-state index is 11.6. The van der Waals surface area contributed by atoms with E-state index in [1.165, 1.54) is 26.4 Å². The van der Waals surface area contributed by atoms with Crippen molar-refractivity contribution < 1.29 is 14.6 Å². The molecule has 4 atom stereocenters. The van der Waals surface area contributed by atoms with Crippen LogP contribution in [0.1, 0.15) is 38.5 Å². The Labute approximate surface area is 90.8 Å². The monoisotopic (exact) mass is 212 g/mol. The van der Waals surface area contributed by atoms with E-state index in [1.54, 1.807) is 0 Å². The number of aliphatic hydroxyl groups excluding tert-OH is 1. The molecular formula is C12H20O3. The first-order chi connectivity index (χ1) is 7.24. The number of hydrogen-bond donors (Lipinski definition) is 1. The first-order valence-corrected chi connectivity index (χ1v) is 6.00. The summed E-state index contributed by atoms with van der Waals surface area (Å²) in [5.74, 6) is 0.550. The number of methoxy groups -OCH3 is 1. The predicted octanol–water partition coefficient (Wildman–Crippen LogP) is 1.74. The molecular weight excluding hydrogens is 192 g/mol. The van der Waals surface area contributed by atoms with Crippen LogP contribution >= 0.6 is 0 Å². The van der Waals surface area contributed by atoms with E-state index in [9.17, 15) is 9.90 Å². The zero-order chi connectivity index (χ0) is 10.8. The van der Waals surface area contributed by atoms with Gasteiger partial charge in [0.05, 0.1) is 19.1 Å². The summed E-state index contributed by atoms with van der Waals surface area (Å²) < 4.78 is 4.81. The molecule has 2 aliphatic rings. The fourth-order valence-electron chi connectivity index (χ4n) is 3.39. The minimum Gasteiger partial charge on any atom is -0.469 e. The maximum Gasteiger partial charge on any atom is 0.311 e. The fraction of sp³-hybridized carbons (Fsp3) is 0.917. The van der Waals surface area contributed by atoms with Crippen LogP contribution in [0.2, 0.25) is 0 Å².